The third-order valence-electron chi connectivity index (χ3n) is 2.26. The minimum atomic E-state index is -0.0252. The Morgan fingerprint density at radius 2 is 2.20 bits per heavy atom. The van der Waals surface area contributed by atoms with E-state index in [1.54, 1.807) is 13.2 Å². The quantitative estimate of drug-likeness (QED) is 0.580. The van der Waals surface area contributed by atoms with E-state index in [1.165, 1.54) is 0 Å². The fourth-order valence-electron chi connectivity index (χ4n) is 1.62. The normalized spacial score (nSPS) is 10.5. The van der Waals surface area contributed by atoms with Gasteiger partial charge in [0.2, 0.25) is 0 Å². The first kappa shape index (κ1) is 9.58. The van der Waals surface area contributed by atoms with Crippen LogP contribution in [0.4, 0.5) is 0 Å². The van der Waals surface area contributed by atoms with Crippen molar-refractivity contribution in [3.63, 3.8) is 0 Å². The first-order valence-corrected chi connectivity index (χ1v) is 4.55. The number of nitrogens with two attached hydrogens (primary N) is 1. The van der Waals surface area contributed by atoms with Crippen LogP contribution in [0.25, 0.3) is 11.0 Å². The molecule has 0 fully saturated rings. The smallest absolute Gasteiger partial charge is 0.176 e. The van der Waals surface area contributed by atoms with Crippen molar-refractivity contribution in [2.75, 3.05) is 7.11 Å². The van der Waals surface area contributed by atoms with E-state index in [9.17, 15) is 0 Å². The van der Waals surface area contributed by atoms with E-state index in [0.29, 0.717) is 16.9 Å². The summed E-state index contributed by atoms with van der Waals surface area (Å²) in [6, 6.07) is 5.55. The van der Waals surface area contributed by atoms with Crippen LogP contribution in [0, 0.1) is 12.3 Å². The van der Waals surface area contributed by atoms with E-state index in [0.717, 1.165) is 11.1 Å². The minimum absolute atomic E-state index is 0.0252. The number of aryl methyl sites for hydroxylation is 1. The second-order valence-corrected chi connectivity index (χ2v) is 3.34. The molecule has 0 aliphatic carbocycles. The van der Waals surface area contributed by atoms with Crippen molar-refractivity contribution >= 4 is 16.8 Å². The Morgan fingerprint density at radius 3 is 2.80 bits per heavy atom. The van der Waals surface area contributed by atoms with Gasteiger partial charge in [-0.15, -0.1) is 0 Å². The third kappa shape index (κ3) is 1.44. The zero-order valence-electron chi connectivity index (χ0n) is 8.63. The largest absolute Gasteiger partial charge is 0.492 e. The van der Waals surface area contributed by atoms with Crippen LogP contribution in [0.1, 0.15) is 11.3 Å². The van der Waals surface area contributed by atoms with Crippen LogP contribution < -0.4 is 10.5 Å². The highest BCUT2D eigenvalue weighted by molar-refractivity contribution is 6.02. The second-order valence-electron chi connectivity index (χ2n) is 3.34. The van der Waals surface area contributed by atoms with Crippen molar-refractivity contribution in [1.82, 2.24) is 0 Å². The molecule has 1 aromatic carbocycles. The lowest BCUT2D eigenvalue weighted by molar-refractivity contribution is 0.408. The van der Waals surface area contributed by atoms with Gasteiger partial charge in [0.25, 0.3) is 0 Å². The molecule has 0 atom stereocenters. The molecular weight excluding hydrogens is 192 g/mol. The van der Waals surface area contributed by atoms with Gasteiger partial charge >= 0.3 is 0 Å². The van der Waals surface area contributed by atoms with Gasteiger partial charge in [0.05, 0.1) is 12.7 Å². The molecule has 3 N–H and O–H groups in total. The maximum absolute atomic E-state index is 7.42. The Morgan fingerprint density at radius 1 is 1.47 bits per heavy atom. The lowest BCUT2D eigenvalue weighted by Crippen LogP contribution is -2.12. The molecule has 0 bridgehead atoms. The molecule has 1 heterocycles. The average Bonchev–Trinajstić information content (AvgIpc) is 2.55. The Hall–Kier alpha value is -1.97. The van der Waals surface area contributed by atoms with Gasteiger partial charge in [-0.3, -0.25) is 5.41 Å². The number of hydrogen-bond acceptors (Lipinski definition) is 3. The molecule has 0 unspecified atom stereocenters. The van der Waals surface area contributed by atoms with Crippen molar-refractivity contribution in [1.29, 1.82) is 5.41 Å². The van der Waals surface area contributed by atoms with Crippen molar-refractivity contribution in [2.24, 2.45) is 5.73 Å². The highest BCUT2D eigenvalue weighted by atomic mass is 16.5. The summed E-state index contributed by atoms with van der Waals surface area (Å²) in [5.41, 5.74) is 6.65. The maximum atomic E-state index is 7.42. The summed E-state index contributed by atoms with van der Waals surface area (Å²) >= 11 is 0. The van der Waals surface area contributed by atoms with Gasteiger partial charge in [-0.1, -0.05) is 6.07 Å². The molecule has 0 aliphatic rings. The summed E-state index contributed by atoms with van der Waals surface area (Å²) in [6.07, 6.45) is 0. The van der Waals surface area contributed by atoms with Gasteiger partial charge in [-0.25, -0.2) is 0 Å². The molecule has 4 nitrogen and oxygen atoms in total. The van der Waals surface area contributed by atoms with E-state index in [-0.39, 0.29) is 5.84 Å². The summed E-state index contributed by atoms with van der Waals surface area (Å²) in [5, 5.41) is 8.37. The monoisotopic (exact) mass is 204 g/mol. The molecule has 0 spiro atoms. The predicted octanol–water partition coefficient (Wildman–Crippen LogP) is 2.03. The van der Waals surface area contributed by atoms with Gasteiger partial charge in [-0.2, -0.15) is 0 Å². The molecule has 0 aliphatic heterocycles. The Balaban J connectivity index is 2.80. The summed E-state index contributed by atoms with van der Waals surface area (Å²) < 4.78 is 10.7. The van der Waals surface area contributed by atoms with Crippen LogP contribution in [-0.2, 0) is 0 Å². The maximum Gasteiger partial charge on any atom is 0.176 e. The summed E-state index contributed by atoms with van der Waals surface area (Å²) in [5.74, 6) is 1.31. The van der Waals surface area contributed by atoms with Crippen LogP contribution in [-0.4, -0.2) is 12.9 Å². The highest BCUT2D eigenvalue weighted by Gasteiger charge is 2.13. The summed E-state index contributed by atoms with van der Waals surface area (Å²) in [4.78, 5) is 0. The molecule has 1 aromatic heterocycles. The molecule has 2 rings (SSSR count). The van der Waals surface area contributed by atoms with Crippen molar-refractivity contribution in [3.05, 3.63) is 29.5 Å². The Bertz CT molecular complexity index is 529. The number of nitrogens with one attached hydrogen (secondary N) is 1. The predicted molar refractivity (Wildman–Crippen MR) is 58.5 cm³/mol. The average molecular weight is 204 g/mol. The SMILES string of the molecule is COc1c(C(=N)N)ccc2cc(C)oc12. The van der Waals surface area contributed by atoms with Gasteiger partial charge in [0.1, 0.15) is 11.6 Å². The lowest BCUT2D eigenvalue weighted by Gasteiger charge is -2.06. The number of benzene rings is 1. The van der Waals surface area contributed by atoms with Crippen LogP contribution in [0.3, 0.4) is 0 Å². The zero-order valence-corrected chi connectivity index (χ0v) is 8.63. The molecule has 2 aromatic rings. The number of furan rings is 1. The number of fused-ring (bicyclic) bond motifs is 1. The molecule has 0 amide bonds. The van der Waals surface area contributed by atoms with Crippen molar-refractivity contribution < 1.29 is 9.15 Å². The lowest BCUT2D eigenvalue weighted by atomic mass is 10.1. The van der Waals surface area contributed by atoms with Crippen LogP contribution in [0.2, 0.25) is 0 Å². The fraction of sp³-hybridized carbons (Fsp3) is 0.182. The number of ether oxygens (including phenoxy) is 1. The van der Waals surface area contributed by atoms with Gasteiger partial charge in [0.15, 0.2) is 11.3 Å². The van der Waals surface area contributed by atoms with Gasteiger partial charge < -0.3 is 14.9 Å². The van der Waals surface area contributed by atoms with E-state index < -0.39 is 0 Å². The van der Waals surface area contributed by atoms with Gasteiger partial charge in [0, 0.05) is 5.39 Å². The van der Waals surface area contributed by atoms with Crippen molar-refractivity contribution in [3.8, 4) is 5.75 Å². The molecule has 78 valence electrons. The number of hydrogen-bond donors (Lipinski definition) is 2. The highest BCUT2D eigenvalue weighted by Crippen LogP contribution is 2.31. The number of nitrogen functional groups attached to an aromatic ring is 1. The number of amidine groups is 1. The number of rotatable bonds is 2. The van der Waals surface area contributed by atoms with E-state index in [4.69, 9.17) is 20.3 Å². The molecule has 15 heavy (non-hydrogen) atoms. The minimum Gasteiger partial charge on any atom is -0.492 e. The first-order valence-electron chi connectivity index (χ1n) is 4.55. The standard InChI is InChI=1S/C11H12N2O2/c1-6-5-7-3-4-8(11(12)13)10(14-2)9(7)15-6/h3-5H,1-2H3,(H3,12,13). The topological polar surface area (TPSA) is 72.2 Å². The van der Waals surface area contributed by atoms with Gasteiger partial charge in [-0.05, 0) is 19.1 Å². The summed E-state index contributed by atoms with van der Waals surface area (Å²) in [7, 11) is 1.54. The van der Waals surface area contributed by atoms with Crippen LogP contribution in [0.5, 0.6) is 5.75 Å². The second kappa shape index (κ2) is 3.31. The first-order chi connectivity index (χ1) is 7.13. The van der Waals surface area contributed by atoms with E-state index in [1.807, 2.05) is 19.1 Å². The molecule has 0 saturated carbocycles. The molecule has 0 radical (unpaired) electrons. The fourth-order valence-corrected chi connectivity index (χ4v) is 1.62. The number of methoxy groups -OCH3 is 1. The summed E-state index contributed by atoms with van der Waals surface area (Å²) in [6.45, 7) is 1.87. The van der Waals surface area contributed by atoms with Crippen LogP contribution in [0.15, 0.2) is 22.6 Å². The molecule has 4 heteroatoms. The third-order valence-corrected chi connectivity index (χ3v) is 2.26. The Labute approximate surface area is 87.1 Å². The van der Waals surface area contributed by atoms with Crippen LogP contribution >= 0.6 is 0 Å². The van der Waals surface area contributed by atoms with E-state index in [2.05, 4.69) is 0 Å². The Kier molecular flexibility index (Phi) is 2.11. The van der Waals surface area contributed by atoms with Crippen molar-refractivity contribution in [2.45, 2.75) is 6.92 Å². The molecule has 0 saturated heterocycles. The zero-order chi connectivity index (χ0) is 11.0. The van der Waals surface area contributed by atoms with E-state index >= 15 is 0 Å². The molecular formula is C11H12N2O2.